The Kier molecular flexibility index (Phi) is 6.45. The van der Waals surface area contributed by atoms with Crippen molar-refractivity contribution in [1.29, 1.82) is 0 Å². The molecule has 1 aromatic heterocycles. The molecule has 0 fully saturated rings. The number of Topliss-reactive ketones (excluding diaryl/α,β-unsaturated/α-hetero) is 1. The van der Waals surface area contributed by atoms with Gasteiger partial charge in [-0.1, -0.05) is 11.8 Å². The number of nitrogens with zero attached hydrogens (tertiary/aromatic N) is 4. The fourth-order valence-corrected chi connectivity index (χ4v) is 3.54. The molecule has 1 amide bonds. The van der Waals surface area contributed by atoms with Gasteiger partial charge in [0.15, 0.2) is 17.3 Å². The highest BCUT2D eigenvalue weighted by Gasteiger charge is 2.15. The zero-order chi connectivity index (χ0) is 23.4. The highest BCUT2D eigenvalue weighted by Crippen LogP contribution is 2.32. The molecule has 11 nitrogen and oxygen atoms in total. The molecule has 170 valence electrons. The first kappa shape index (κ1) is 22.1. The molecule has 4 rings (SSSR count). The van der Waals surface area contributed by atoms with Crippen LogP contribution < -0.4 is 26.1 Å². The molecule has 1 aliphatic heterocycles. The third kappa shape index (κ3) is 5.23. The molecule has 0 saturated heterocycles. The number of benzene rings is 2. The van der Waals surface area contributed by atoms with Crippen molar-refractivity contribution in [1.82, 2.24) is 14.9 Å². The van der Waals surface area contributed by atoms with Gasteiger partial charge in [-0.15, -0.1) is 10.2 Å². The van der Waals surface area contributed by atoms with Crippen LogP contribution in [0.25, 0.3) is 0 Å². The van der Waals surface area contributed by atoms with Crippen molar-refractivity contribution in [3.8, 4) is 11.5 Å². The number of thioether (sulfide) groups is 1. The lowest BCUT2D eigenvalue weighted by Crippen LogP contribution is -2.17. The fraction of sp³-hybridized carbons (Fsp3) is 0.190. The first-order valence-electron chi connectivity index (χ1n) is 9.85. The minimum absolute atomic E-state index is 0.0365. The van der Waals surface area contributed by atoms with Crippen molar-refractivity contribution < 1.29 is 19.1 Å². The standard InChI is InChI=1S/C21H21N7O4S/c1-12(15-5-8-17-18(9-15)32-11-31-17)24-25-20-26-27-21(28(20)22)33-10-19(30)23-16-6-3-14(4-7-16)13(2)29/h3-9H,10-11,22H2,1-2H3,(H,23,30)(H,25,26)/b24-12+. The van der Waals surface area contributed by atoms with E-state index in [0.717, 1.165) is 17.3 Å². The number of ketones is 1. The molecule has 4 N–H and O–H groups in total. The molecule has 0 radical (unpaired) electrons. The number of aromatic nitrogens is 3. The van der Waals surface area contributed by atoms with E-state index in [1.54, 1.807) is 24.3 Å². The maximum Gasteiger partial charge on any atom is 0.264 e. The number of nitrogen functional groups attached to an aromatic ring is 1. The van der Waals surface area contributed by atoms with Gasteiger partial charge < -0.3 is 20.6 Å². The average molecular weight is 468 g/mol. The van der Waals surface area contributed by atoms with Crippen LogP contribution in [0.4, 0.5) is 11.6 Å². The van der Waals surface area contributed by atoms with E-state index in [0.29, 0.717) is 33.6 Å². The lowest BCUT2D eigenvalue weighted by Gasteiger charge is -2.06. The monoisotopic (exact) mass is 467 g/mol. The van der Waals surface area contributed by atoms with E-state index in [9.17, 15) is 9.59 Å². The van der Waals surface area contributed by atoms with Crippen LogP contribution in [0.3, 0.4) is 0 Å². The summed E-state index contributed by atoms with van der Waals surface area (Å²) in [5, 5.41) is 15.3. The van der Waals surface area contributed by atoms with E-state index in [2.05, 4.69) is 26.0 Å². The summed E-state index contributed by atoms with van der Waals surface area (Å²) >= 11 is 1.13. The van der Waals surface area contributed by atoms with Gasteiger partial charge in [-0.05, 0) is 56.3 Å². The van der Waals surface area contributed by atoms with E-state index in [1.165, 1.54) is 11.6 Å². The Morgan fingerprint density at radius 2 is 1.82 bits per heavy atom. The second kappa shape index (κ2) is 9.61. The molecular formula is C21H21N7O4S. The van der Waals surface area contributed by atoms with Gasteiger partial charge in [0.2, 0.25) is 17.9 Å². The summed E-state index contributed by atoms with van der Waals surface area (Å²) in [4.78, 5) is 23.5. The van der Waals surface area contributed by atoms with E-state index >= 15 is 0 Å². The van der Waals surface area contributed by atoms with Crippen LogP contribution in [0.5, 0.6) is 11.5 Å². The summed E-state index contributed by atoms with van der Waals surface area (Å²) < 4.78 is 11.9. The Labute approximate surface area is 193 Å². The molecule has 0 bridgehead atoms. The number of hydrazone groups is 1. The molecule has 3 aromatic rings. The number of rotatable bonds is 8. The Hall–Kier alpha value is -4.06. The smallest absolute Gasteiger partial charge is 0.264 e. The number of carbonyl (C=O) groups excluding carboxylic acids is 2. The van der Waals surface area contributed by atoms with Crippen LogP contribution in [0.2, 0.25) is 0 Å². The molecule has 0 spiro atoms. The molecule has 33 heavy (non-hydrogen) atoms. The lowest BCUT2D eigenvalue weighted by atomic mass is 10.1. The summed E-state index contributed by atoms with van der Waals surface area (Å²) in [5.41, 5.74) is 5.48. The molecule has 2 heterocycles. The van der Waals surface area contributed by atoms with Crippen molar-refractivity contribution in [3.05, 3.63) is 53.6 Å². The number of hydrogen-bond donors (Lipinski definition) is 3. The second-order valence-corrected chi connectivity index (χ2v) is 7.97. The number of carbonyl (C=O) groups is 2. The molecule has 0 saturated carbocycles. The van der Waals surface area contributed by atoms with Gasteiger partial charge in [0.1, 0.15) is 0 Å². The zero-order valence-corrected chi connectivity index (χ0v) is 18.7. The minimum atomic E-state index is -0.246. The van der Waals surface area contributed by atoms with Crippen LogP contribution in [-0.2, 0) is 4.79 Å². The molecule has 0 aliphatic carbocycles. The number of ether oxygens (including phenoxy) is 2. The summed E-state index contributed by atoms with van der Waals surface area (Å²) in [7, 11) is 0. The molecule has 12 heteroatoms. The molecule has 0 atom stereocenters. The molecule has 2 aromatic carbocycles. The fourth-order valence-electron chi connectivity index (χ4n) is 2.89. The van der Waals surface area contributed by atoms with Crippen LogP contribution in [0, 0.1) is 0 Å². The van der Waals surface area contributed by atoms with E-state index in [4.69, 9.17) is 15.3 Å². The predicted molar refractivity (Wildman–Crippen MR) is 124 cm³/mol. The van der Waals surface area contributed by atoms with Gasteiger partial charge >= 0.3 is 0 Å². The van der Waals surface area contributed by atoms with Crippen molar-refractivity contribution in [3.63, 3.8) is 0 Å². The van der Waals surface area contributed by atoms with Crippen molar-refractivity contribution >= 4 is 40.8 Å². The number of anilines is 2. The highest BCUT2D eigenvalue weighted by molar-refractivity contribution is 7.99. The quantitative estimate of drug-likeness (QED) is 0.149. The molecule has 0 unspecified atom stereocenters. The molecule has 1 aliphatic rings. The lowest BCUT2D eigenvalue weighted by molar-refractivity contribution is -0.113. The maximum absolute atomic E-state index is 12.2. The third-order valence-corrected chi connectivity index (χ3v) is 5.63. The van der Waals surface area contributed by atoms with Crippen molar-refractivity contribution in [2.45, 2.75) is 19.0 Å². The predicted octanol–water partition coefficient (Wildman–Crippen LogP) is 2.49. The van der Waals surface area contributed by atoms with Crippen molar-refractivity contribution in [2.24, 2.45) is 5.10 Å². The summed E-state index contributed by atoms with van der Waals surface area (Å²) in [5.74, 6) is 7.39. The largest absolute Gasteiger partial charge is 0.454 e. The van der Waals surface area contributed by atoms with Gasteiger partial charge in [-0.2, -0.15) is 5.10 Å². The van der Waals surface area contributed by atoms with E-state index in [-0.39, 0.29) is 30.2 Å². The summed E-state index contributed by atoms with van der Waals surface area (Å²) in [6.07, 6.45) is 0. The number of hydrogen-bond acceptors (Lipinski definition) is 10. The number of nitrogens with one attached hydrogen (secondary N) is 2. The zero-order valence-electron chi connectivity index (χ0n) is 17.9. The topological polar surface area (TPSA) is 146 Å². The number of nitrogens with two attached hydrogens (primary N) is 1. The second-order valence-electron chi connectivity index (χ2n) is 7.02. The van der Waals surface area contributed by atoms with Crippen LogP contribution in [-0.4, -0.2) is 44.8 Å². The SMILES string of the molecule is CC(=O)c1ccc(NC(=O)CSc2nnc(N/N=C(\C)c3ccc4c(c3)OCO4)n2N)cc1. The third-order valence-electron chi connectivity index (χ3n) is 4.69. The Balaban J connectivity index is 1.32. The Morgan fingerprint density at radius 1 is 1.09 bits per heavy atom. The van der Waals surface area contributed by atoms with E-state index in [1.807, 2.05) is 25.1 Å². The highest BCUT2D eigenvalue weighted by atomic mass is 32.2. The maximum atomic E-state index is 12.2. The number of amides is 1. The summed E-state index contributed by atoms with van der Waals surface area (Å²) in [6, 6.07) is 12.2. The minimum Gasteiger partial charge on any atom is -0.454 e. The van der Waals surface area contributed by atoms with Gasteiger partial charge in [-0.25, -0.2) is 10.1 Å². The first-order valence-corrected chi connectivity index (χ1v) is 10.8. The van der Waals surface area contributed by atoms with Crippen LogP contribution >= 0.6 is 11.8 Å². The normalized spacial score (nSPS) is 12.5. The molecular weight excluding hydrogens is 446 g/mol. The van der Waals surface area contributed by atoms with Gasteiger partial charge in [-0.3, -0.25) is 9.59 Å². The number of fused-ring (bicyclic) bond motifs is 1. The van der Waals surface area contributed by atoms with Crippen molar-refractivity contribution in [2.75, 3.05) is 29.1 Å². The van der Waals surface area contributed by atoms with Crippen LogP contribution in [0.1, 0.15) is 29.8 Å². The summed E-state index contributed by atoms with van der Waals surface area (Å²) in [6.45, 7) is 3.51. The Morgan fingerprint density at radius 3 is 2.58 bits per heavy atom. The first-order chi connectivity index (χ1) is 15.9. The average Bonchev–Trinajstić information content (AvgIpc) is 3.42. The van der Waals surface area contributed by atoms with Gasteiger partial charge in [0.25, 0.3) is 5.95 Å². The van der Waals surface area contributed by atoms with Crippen LogP contribution in [0.15, 0.2) is 52.7 Å². The Bertz CT molecular complexity index is 1220. The van der Waals surface area contributed by atoms with Gasteiger partial charge in [0, 0.05) is 16.8 Å². The van der Waals surface area contributed by atoms with E-state index < -0.39 is 0 Å². The van der Waals surface area contributed by atoms with Gasteiger partial charge in [0.05, 0.1) is 11.5 Å².